The lowest BCUT2D eigenvalue weighted by Gasteiger charge is -2.18. The van der Waals surface area contributed by atoms with E-state index < -0.39 is 18.0 Å². The Kier molecular flexibility index (Phi) is 6.84. The largest absolute Gasteiger partial charge is 0.495 e. The van der Waals surface area contributed by atoms with E-state index >= 15 is 0 Å². The maximum Gasteiger partial charge on any atom is 0.358 e. The van der Waals surface area contributed by atoms with Gasteiger partial charge in [0.15, 0.2) is 5.69 Å². The Morgan fingerprint density at radius 1 is 1.09 bits per heavy atom. The molecule has 0 bridgehead atoms. The van der Waals surface area contributed by atoms with Crippen LogP contribution < -0.4 is 10.1 Å². The molecule has 32 heavy (non-hydrogen) atoms. The van der Waals surface area contributed by atoms with Crippen molar-refractivity contribution in [3.8, 4) is 16.3 Å². The number of carbonyl (C=O) groups excluding carboxylic acids is 2. The highest BCUT2D eigenvalue weighted by molar-refractivity contribution is 7.14. The van der Waals surface area contributed by atoms with Crippen LogP contribution in [0.25, 0.3) is 10.6 Å². The van der Waals surface area contributed by atoms with Crippen LogP contribution in [0.3, 0.4) is 0 Å². The number of esters is 1. The minimum absolute atomic E-state index is 0.150. The van der Waals surface area contributed by atoms with Gasteiger partial charge in [-0.15, -0.1) is 11.3 Å². The zero-order chi connectivity index (χ0) is 22.5. The molecule has 0 aliphatic rings. The number of hydrogen-bond donors (Lipinski definition) is 1. The molecule has 1 atom stereocenters. The van der Waals surface area contributed by atoms with Crippen molar-refractivity contribution in [1.82, 2.24) is 4.98 Å². The summed E-state index contributed by atoms with van der Waals surface area (Å²) in [5.74, 6) is -0.709. The lowest BCUT2D eigenvalue weighted by Crippen LogP contribution is -2.26. The van der Waals surface area contributed by atoms with Gasteiger partial charge in [-0.3, -0.25) is 4.79 Å². The molecular formula is C23H17ClN2O4S2. The summed E-state index contributed by atoms with van der Waals surface area (Å²) < 4.78 is 10.7. The van der Waals surface area contributed by atoms with E-state index in [1.54, 1.807) is 59.2 Å². The fourth-order valence-corrected chi connectivity index (χ4v) is 4.67. The summed E-state index contributed by atoms with van der Waals surface area (Å²) in [7, 11) is 1.51. The average Bonchev–Trinajstić information content (AvgIpc) is 3.50. The number of anilines is 1. The molecule has 4 rings (SSSR count). The molecule has 2 aromatic heterocycles. The summed E-state index contributed by atoms with van der Waals surface area (Å²) >= 11 is 9.04. The van der Waals surface area contributed by atoms with Crippen LogP contribution in [0.1, 0.15) is 22.2 Å². The summed E-state index contributed by atoms with van der Waals surface area (Å²) in [6.07, 6.45) is -1.17. The second kappa shape index (κ2) is 9.95. The van der Waals surface area contributed by atoms with Crippen LogP contribution >= 0.6 is 34.3 Å². The van der Waals surface area contributed by atoms with Crippen molar-refractivity contribution in [3.63, 3.8) is 0 Å². The molecule has 1 N–H and O–H groups in total. The zero-order valence-corrected chi connectivity index (χ0v) is 19.2. The van der Waals surface area contributed by atoms with E-state index in [2.05, 4.69) is 10.3 Å². The summed E-state index contributed by atoms with van der Waals surface area (Å²) in [5.41, 5.74) is 2.07. The smallest absolute Gasteiger partial charge is 0.358 e. The van der Waals surface area contributed by atoms with Crippen LogP contribution in [-0.4, -0.2) is 24.0 Å². The van der Waals surface area contributed by atoms with E-state index in [1.165, 1.54) is 18.4 Å². The number of carbonyl (C=O) groups is 2. The van der Waals surface area contributed by atoms with Gasteiger partial charge in [0, 0.05) is 27.6 Å². The Balaban J connectivity index is 1.55. The number of hydrogen-bond acceptors (Lipinski definition) is 7. The van der Waals surface area contributed by atoms with Crippen LogP contribution in [0, 0.1) is 0 Å². The fourth-order valence-electron chi connectivity index (χ4n) is 2.91. The maximum absolute atomic E-state index is 13.1. The van der Waals surface area contributed by atoms with Gasteiger partial charge in [-0.2, -0.15) is 11.3 Å². The van der Waals surface area contributed by atoms with E-state index in [0.29, 0.717) is 27.0 Å². The molecule has 0 saturated heterocycles. The first-order chi connectivity index (χ1) is 15.5. The predicted molar refractivity (Wildman–Crippen MR) is 127 cm³/mol. The van der Waals surface area contributed by atoms with Gasteiger partial charge in [0.05, 0.1) is 12.1 Å². The Morgan fingerprint density at radius 2 is 1.91 bits per heavy atom. The third-order valence-electron chi connectivity index (χ3n) is 4.47. The molecule has 6 nitrogen and oxygen atoms in total. The van der Waals surface area contributed by atoms with Gasteiger partial charge < -0.3 is 14.8 Å². The Hall–Kier alpha value is -3.20. The minimum atomic E-state index is -1.17. The average molecular weight is 485 g/mol. The number of benzene rings is 2. The number of methoxy groups -OCH3 is 1. The summed E-state index contributed by atoms with van der Waals surface area (Å²) in [6, 6.07) is 15.6. The number of thiazole rings is 1. The third kappa shape index (κ3) is 4.99. The van der Waals surface area contributed by atoms with Crippen molar-refractivity contribution in [3.05, 3.63) is 87.0 Å². The first-order valence-electron chi connectivity index (χ1n) is 9.43. The topological polar surface area (TPSA) is 77.5 Å². The first-order valence-corrected chi connectivity index (χ1v) is 11.6. The maximum atomic E-state index is 13.1. The number of thiophene rings is 1. The van der Waals surface area contributed by atoms with Crippen molar-refractivity contribution in [2.45, 2.75) is 6.10 Å². The molecule has 9 heteroatoms. The number of halogens is 1. The van der Waals surface area contributed by atoms with Crippen LogP contribution in [0.15, 0.2) is 70.7 Å². The van der Waals surface area contributed by atoms with E-state index in [9.17, 15) is 9.59 Å². The van der Waals surface area contributed by atoms with Gasteiger partial charge in [0.1, 0.15) is 10.8 Å². The fraction of sp³-hybridized carbons (Fsp3) is 0.0870. The number of rotatable bonds is 7. The molecule has 0 aliphatic heterocycles. The second-order valence-electron chi connectivity index (χ2n) is 6.58. The standard InChI is InChI=1S/C23H17ClN2O4S2/c1-29-19-8-7-16(11-17(19)24)25-21(27)20(14-5-3-2-4-6-14)30-23(28)18-13-32-22(26-18)15-9-10-31-12-15/h2-13,20H,1H3,(H,25,27). The highest BCUT2D eigenvalue weighted by atomic mass is 35.5. The van der Waals surface area contributed by atoms with Crippen LogP contribution in [0.5, 0.6) is 5.75 Å². The SMILES string of the molecule is COc1ccc(NC(=O)C(OC(=O)c2csc(-c3ccsc3)n2)c2ccccc2)cc1Cl. The molecule has 2 aromatic carbocycles. The minimum Gasteiger partial charge on any atom is -0.495 e. The van der Waals surface area contributed by atoms with Gasteiger partial charge in [-0.05, 0) is 29.6 Å². The Morgan fingerprint density at radius 3 is 2.59 bits per heavy atom. The van der Waals surface area contributed by atoms with E-state index in [1.807, 2.05) is 22.9 Å². The Bertz CT molecular complexity index is 1230. The van der Waals surface area contributed by atoms with Crippen molar-refractivity contribution < 1.29 is 19.1 Å². The molecule has 0 fully saturated rings. The molecule has 2 heterocycles. The molecule has 0 aliphatic carbocycles. The van der Waals surface area contributed by atoms with Crippen molar-refractivity contribution in [2.24, 2.45) is 0 Å². The van der Waals surface area contributed by atoms with E-state index in [-0.39, 0.29) is 5.69 Å². The molecule has 1 amide bonds. The van der Waals surface area contributed by atoms with Gasteiger partial charge >= 0.3 is 5.97 Å². The molecule has 1 unspecified atom stereocenters. The number of aromatic nitrogens is 1. The van der Waals surface area contributed by atoms with E-state index in [0.717, 1.165) is 5.56 Å². The van der Waals surface area contributed by atoms with Crippen molar-refractivity contribution >= 4 is 51.8 Å². The molecule has 0 spiro atoms. The molecule has 162 valence electrons. The number of amides is 1. The highest BCUT2D eigenvalue weighted by Gasteiger charge is 2.27. The molecule has 4 aromatic rings. The highest BCUT2D eigenvalue weighted by Crippen LogP contribution is 2.30. The van der Waals surface area contributed by atoms with Crippen LogP contribution in [0.2, 0.25) is 5.02 Å². The van der Waals surface area contributed by atoms with Crippen LogP contribution in [-0.2, 0) is 9.53 Å². The molecular weight excluding hydrogens is 468 g/mol. The number of nitrogens with one attached hydrogen (secondary N) is 1. The third-order valence-corrected chi connectivity index (χ3v) is 6.34. The summed E-state index contributed by atoms with van der Waals surface area (Å²) in [6.45, 7) is 0. The lowest BCUT2D eigenvalue weighted by atomic mass is 10.1. The molecule has 0 radical (unpaired) electrons. The van der Waals surface area contributed by atoms with Gasteiger partial charge in [0.2, 0.25) is 6.10 Å². The van der Waals surface area contributed by atoms with Crippen LogP contribution in [0.4, 0.5) is 5.69 Å². The number of nitrogens with zero attached hydrogens (tertiary/aromatic N) is 1. The zero-order valence-electron chi connectivity index (χ0n) is 16.8. The normalized spacial score (nSPS) is 11.6. The molecule has 0 saturated carbocycles. The van der Waals surface area contributed by atoms with Crippen molar-refractivity contribution in [2.75, 3.05) is 12.4 Å². The van der Waals surface area contributed by atoms with Gasteiger partial charge in [-0.25, -0.2) is 9.78 Å². The predicted octanol–water partition coefficient (Wildman–Crippen LogP) is 6.07. The first kappa shape index (κ1) is 22.0. The van der Waals surface area contributed by atoms with Crippen molar-refractivity contribution in [1.29, 1.82) is 0 Å². The monoisotopic (exact) mass is 484 g/mol. The van der Waals surface area contributed by atoms with Gasteiger partial charge in [-0.1, -0.05) is 41.9 Å². The summed E-state index contributed by atoms with van der Waals surface area (Å²) in [4.78, 5) is 30.2. The number of ether oxygens (including phenoxy) is 2. The quantitative estimate of drug-likeness (QED) is 0.322. The van der Waals surface area contributed by atoms with E-state index in [4.69, 9.17) is 21.1 Å². The lowest BCUT2D eigenvalue weighted by molar-refractivity contribution is -0.125. The Labute approximate surface area is 197 Å². The summed E-state index contributed by atoms with van der Waals surface area (Å²) in [5, 5.41) is 9.32. The van der Waals surface area contributed by atoms with Gasteiger partial charge in [0.25, 0.3) is 5.91 Å². The second-order valence-corrected chi connectivity index (χ2v) is 8.63.